The molecule has 11 heteroatoms. The van der Waals surface area contributed by atoms with Gasteiger partial charge in [-0.2, -0.15) is 5.10 Å². The fourth-order valence-corrected chi connectivity index (χ4v) is 4.02. The molecule has 0 bridgehead atoms. The van der Waals surface area contributed by atoms with Crippen LogP contribution in [0.25, 0.3) is 22.0 Å². The number of nitrogens with zero attached hydrogens (tertiary/aromatic N) is 4. The largest absolute Gasteiger partial charge is 0.373 e. The van der Waals surface area contributed by atoms with Crippen LogP contribution in [0.3, 0.4) is 0 Å². The lowest BCUT2D eigenvalue weighted by molar-refractivity contribution is 0.262. The van der Waals surface area contributed by atoms with Gasteiger partial charge < -0.3 is 15.2 Å². The fraction of sp³-hybridized carbons (Fsp3) is 0.280. The highest BCUT2D eigenvalue weighted by atomic mass is 35.5. The molecule has 0 atom stereocenters. The highest BCUT2D eigenvalue weighted by molar-refractivity contribution is 6.33. The normalized spacial score (nSPS) is 11.6. The summed E-state index contributed by atoms with van der Waals surface area (Å²) in [4.78, 5) is 30.2. The molecule has 1 aromatic carbocycles. The first kappa shape index (κ1) is 25.2. The predicted molar refractivity (Wildman–Crippen MR) is 141 cm³/mol. The SMILES string of the molecule is CNc1cc2c(cn1)cc(-c1cc(NC(=O)Nc3cc(C(C)(C)C)nn3C)c(F)cc1Cl)c(=O)n2C. The van der Waals surface area contributed by atoms with Crippen LogP contribution in [0.5, 0.6) is 0 Å². The first-order valence-corrected chi connectivity index (χ1v) is 11.6. The standard InChI is InChI=1S/C25H27ClFN7O2/c1-25(2,3)20-11-22(34(6)32-20)31-24(36)30-18-8-14(16(26)9-17(18)27)15-7-13-12-29-21(28-4)10-19(13)33(5)23(15)35/h7-12H,1-6H3,(H,28,29)(H2,30,31,36). The van der Waals surface area contributed by atoms with E-state index in [0.717, 1.165) is 11.8 Å². The van der Waals surface area contributed by atoms with E-state index in [1.807, 2.05) is 20.8 Å². The zero-order valence-corrected chi connectivity index (χ0v) is 21.6. The smallest absolute Gasteiger partial charge is 0.324 e. The summed E-state index contributed by atoms with van der Waals surface area (Å²) in [5.41, 5.74) is 1.33. The van der Waals surface area contributed by atoms with Crippen LogP contribution < -0.4 is 21.5 Å². The molecule has 0 radical (unpaired) electrons. The molecule has 0 aliphatic heterocycles. The van der Waals surface area contributed by atoms with Crippen LogP contribution in [0, 0.1) is 5.82 Å². The molecule has 2 amide bonds. The monoisotopic (exact) mass is 511 g/mol. The molecule has 0 saturated carbocycles. The molecule has 4 aromatic rings. The summed E-state index contributed by atoms with van der Waals surface area (Å²) in [5, 5.41) is 13.3. The van der Waals surface area contributed by atoms with Gasteiger partial charge >= 0.3 is 6.03 Å². The molecular formula is C25H27ClFN7O2. The Hall–Kier alpha value is -3.92. The van der Waals surface area contributed by atoms with Gasteiger partial charge in [-0.15, -0.1) is 0 Å². The van der Waals surface area contributed by atoms with E-state index in [1.54, 1.807) is 45.5 Å². The van der Waals surface area contributed by atoms with Crippen molar-refractivity contribution in [1.82, 2.24) is 19.3 Å². The van der Waals surface area contributed by atoms with Crippen LogP contribution in [0.2, 0.25) is 5.02 Å². The summed E-state index contributed by atoms with van der Waals surface area (Å²) in [6.07, 6.45) is 1.63. The third-order valence-corrected chi connectivity index (χ3v) is 6.16. The van der Waals surface area contributed by atoms with E-state index in [2.05, 4.69) is 26.0 Å². The van der Waals surface area contributed by atoms with Gasteiger partial charge in [-0.1, -0.05) is 32.4 Å². The zero-order valence-electron chi connectivity index (χ0n) is 20.8. The average molecular weight is 512 g/mol. The predicted octanol–water partition coefficient (Wildman–Crippen LogP) is 5.11. The third kappa shape index (κ3) is 4.76. The minimum absolute atomic E-state index is 0.0381. The van der Waals surface area contributed by atoms with Crippen molar-refractivity contribution in [3.63, 3.8) is 0 Å². The average Bonchev–Trinajstić information content (AvgIpc) is 3.18. The van der Waals surface area contributed by atoms with Gasteiger partial charge in [0.15, 0.2) is 0 Å². The maximum Gasteiger partial charge on any atom is 0.324 e. The summed E-state index contributed by atoms with van der Waals surface area (Å²) >= 11 is 6.34. The van der Waals surface area contributed by atoms with Gasteiger partial charge in [0.1, 0.15) is 17.5 Å². The number of carbonyl (C=O) groups is 1. The van der Waals surface area contributed by atoms with Gasteiger partial charge in [0.05, 0.1) is 21.9 Å². The van der Waals surface area contributed by atoms with Crippen molar-refractivity contribution in [1.29, 1.82) is 0 Å². The van der Waals surface area contributed by atoms with Crippen LogP contribution in [-0.4, -0.2) is 32.4 Å². The Morgan fingerprint density at radius 3 is 2.42 bits per heavy atom. The van der Waals surface area contributed by atoms with E-state index in [-0.39, 0.29) is 32.8 Å². The first-order valence-electron chi connectivity index (χ1n) is 11.2. The van der Waals surface area contributed by atoms with Gasteiger partial charge in [-0.25, -0.2) is 14.2 Å². The van der Waals surface area contributed by atoms with E-state index in [1.165, 1.54) is 15.3 Å². The molecule has 3 heterocycles. The number of hydrogen-bond acceptors (Lipinski definition) is 5. The maximum absolute atomic E-state index is 14.8. The highest BCUT2D eigenvalue weighted by Gasteiger charge is 2.21. The number of carbonyl (C=O) groups excluding carboxylic acids is 1. The Morgan fingerprint density at radius 2 is 1.78 bits per heavy atom. The Kier molecular flexibility index (Phi) is 6.48. The fourth-order valence-electron chi connectivity index (χ4n) is 3.77. The number of amides is 2. The van der Waals surface area contributed by atoms with E-state index >= 15 is 0 Å². The Morgan fingerprint density at radius 1 is 1.06 bits per heavy atom. The van der Waals surface area contributed by atoms with Crippen LogP contribution in [0.4, 0.5) is 26.5 Å². The molecule has 0 fully saturated rings. The van der Waals surface area contributed by atoms with Crippen molar-refractivity contribution in [2.75, 3.05) is 23.0 Å². The topological polar surface area (TPSA) is 106 Å². The van der Waals surface area contributed by atoms with Crippen LogP contribution >= 0.6 is 11.6 Å². The van der Waals surface area contributed by atoms with Gasteiger partial charge in [0.25, 0.3) is 5.56 Å². The van der Waals surface area contributed by atoms with Crippen LogP contribution in [0.15, 0.2) is 41.3 Å². The summed E-state index contributed by atoms with van der Waals surface area (Å²) in [6, 6.07) is 6.92. The molecular weight excluding hydrogens is 485 g/mol. The molecule has 0 aliphatic rings. The summed E-state index contributed by atoms with van der Waals surface area (Å²) in [5.74, 6) is 0.326. The number of aryl methyl sites for hydroxylation is 2. The van der Waals surface area contributed by atoms with Crippen molar-refractivity contribution < 1.29 is 9.18 Å². The summed E-state index contributed by atoms with van der Waals surface area (Å²) in [7, 11) is 5.08. The van der Waals surface area contributed by atoms with Crippen molar-refractivity contribution >= 4 is 45.9 Å². The van der Waals surface area contributed by atoms with Crippen molar-refractivity contribution in [2.45, 2.75) is 26.2 Å². The van der Waals surface area contributed by atoms with Crippen LogP contribution in [0.1, 0.15) is 26.5 Å². The number of nitrogens with one attached hydrogen (secondary N) is 3. The van der Waals surface area contributed by atoms with E-state index in [4.69, 9.17) is 11.6 Å². The second-order valence-corrected chi connectivity index (χ2v) is 9.89. The molecule has 3 N–H and O–H groups in total. The molecule has 188 valence electrons. The molecule has 4 rings (SSSR count). The molecule has 0 unspecified atom stereocenters. The first-order chi connectivity index (χ1) is 16.9. The Bertz CT molecular complexity index is 1550. The van der Waals surface area contributed by atoms with Crippen molar-refractivity contribution in [3.05, 3.63) is 63.4 Å². The number of anilines is 3. The van der Waals surface area contributed by atoms with E-state index in [0.29, 0.717) is 22.5 Å². The molecule has 0 saturated heterocycles. The quantitative estimate of drug-likeness (QED) is 0.353. The Labute approximate surface area is 212 Å². The number of fused-ring (bicyclic) bond motifs is 1. The molecule has 36 heavy (non-hydrogen) atoms. The van der Waals surface area contributed by atoms with Gasteiger partial charge in [0, 0.05) is 61.4 Å². The second-order valence-electron chi connectivity index (χ2n) is 9.48. The zero-order chi connectivity index (χ0) is 26.4. The number of rotatable bonds is 4. The Balaban J connectivity index is 1.69. The minimum Gasteiger partial charge on any atom is -0.373 e. The number of aromatic nitrogens is 4. The molecule has 9 nitrogen and oxygen atoms in total. The highest BCUT2D eigenvalue weighted by Crippen LogP contribution is 2.33. The van der Waals surface area contributed by atoms with Gasteiger partial charge in [0.2, 0.25) is 0 Å². The van der Waals surface area contributed by atoms with E-state index in [9.17, 15) is 14.0 Å². The maximum atomic E-state index is 14.8. The number of benzene rings is 1. The lowest BCUT2D eigenvalue weighted by atomic mass is 9.92. The molecule has 0 aliphatic carbocycles. The third-order valence-electron chi connectivity index (χ3n) is 5.85. The van der Waals surface area contributed by atoms with Gasteiger partial charge in [-0.05, 0) is 18.2 Å². The summed E-state index contributed by atoms with van der Waals surface area (Å²) < 4.78 is 17.8. The summed E-state index contributed by atoms with van der Waals surface area (Å²) in [6.45, 7) is 6.03. The lowest BCUT2D eigenvalue weighted by Crippen LogP contribution is -2.22. The van der Waals surface area contributed by atoms with E-state index < -0.39 is 11.8 Å². The van der Waals surface area contributed by atoms with Crippen molar-refractivity contribution in [2.24, 2.45) is 14.1 Å². The number of pyridine rings is 2. The van der Waals surface area contributed by atoms with Crippen molar-refractivity contribution in [3.8, 4) is 11.1 Å². The molecule has 3 aromatic heterocycles. The number of halogens is 2. The number of hydrogen-bond donors (Lipinski definition) is 3. The lowest BCUT2D eigenvalue weighted by Gasteiger charge is -2.14. The minimum atomic E-state index is -0.739. The number of urea groups is 1. The van der Waals surface area contributed by atoms with Gasteiger partial charge in [-0.3, -0.25) is 14.8 Å². The second kappa shape index (κ2) is 9.27. The molecule has 0 spiro atoms. The van der Waals surface area contributed by atoms with Crippen LogP contribution in [-0.2, 0) is 19.5 Å².